The molecule has 0 unspecified atom stereocenters. The Kier molecular flexibility index (Phi) is 3.08. The molecule has 4 amide bonds. The standard InChI is InChI=1S/C13H15N3O3S/c1-8-14-9(7-20-8)6-16-11(18)13(4-2-3-5-13)10(17)15-12(16)19/h7H,2-6H2,1H3,(H,15,17,19). The van der Waals surface area contributed by atoms with Gasteiger partial charge < -0.3 is 0 Å². The molecule has 6 nitrogen and oxygen atoms in total. The maximum absolute atomic E-state index is 12.6. The van der Waals surface area contributed by atoms with E-state index in [0.29, 0.717) is 18.5 Å². The number of nitrogens with one attached hydrogen (secondary N) is 1. The predicted molar refractivity (Wildman–Crippen MR) is 71.8 cm³/mol. The lowest BCUT2D eigenvalue weighted by Crippen LogP contribution is -2.62. The van der Waals surface area contributed by atoms with Crippen molar-refractivity contribution in [3.05, 3.63) is 16.1 Å². The summed E-state index contributed by atoms with van der Waals surface area (Å²) < 4.78 is 0. The van der Waals surface area contributed by atoms with Gasteiger partial charge in [-0.25, -0.2) is 9.78 Å². The fourth-order valence-corrected chi connectivity index (χ4v) is 3.54. The second-order valence-electron chi connectivity index (χ2n) is 5.30. The molecule has 1 saturated heterocycles. The molecule has 2 aliphatic rings. The smallest absolute Gasteiger partial charge is 0.277 e. The van der Waals surface area contributed by atoms with Crippen molar-refractivity contribution in [1.29, 1.82) is 0 Å². The minimum Gasteiger partial charge on any atom is -0.277 e. The van der Waals surface area contributed by atoms with E-state index < -0.39 is 17.4 Å². The first-order valence-corrected chi connectivity index (χ1v) is 7.49. The fraction of sp³-hybridized carbons (Fsp3) is 0.538. The summed E-state index contributed by atoms with van der Waals surface area (Å²) in [5.74, 6) is -0.801. The largest absolute Gasteiger partial charge is 0.331 e. The average Bonchev–Trinajstić information content (AvgIpc) is 3.03. The van der Waals surface area contributed by atoms with E-state index >= 15 is 0 Å². The average molecular weight is 293 g/mol. The first kappa shape index (κ1) is 13.2. The number of hydrogen-bond donors (Lipinski definition) is 1. The van der Waals surface area contributed by atoms with Crippen molar-refractivity contribution in [2.75, 3.05) is 0 Å². The van der Waals surface area contributed by atoms with Gasteiger partial charge >= 0.3 is 6.03 Å². The number of aromatic nitrogens is 1. The van der Waals surface area contributed by atoms with Gasteiger partial charge in [-0.05, 0) is 19.8 Å². The number of amides is 4. The molecule has 0 aromatic carbocycles. The van der Waals surface area contributed by atoms with E-state index in [0.717, 1.165) is 22.7 Å². The highest BCUT2D eigenvalue weighted by atomic mass is 32.1. The van der Waals surface area contributed by atoms with Gasteiger partial charge in [0.15, 0.2) is 0 Å². The lowest BCUT2D eigenvalue weighted by molar-refractivity contribution is -0.151. The quantitative estimate of drug-likeness (QED) is 0.840. The number of barbiturate groups is 1. The zero-order chi connectivity index (χ0) is 14.3. The van der Waals surface area contributed by atoms with Gasteiger partial charge in [-0.1, -0.05) is 12.8 Å². The monoisotopic (exact) mass is 293 g/mol. The highest BCUT2D eigenvalue weighted by Gasteiger charge is 2.54. The van der Waals surface area contributed by atoms with Crippen LogP contribution in [0.1, 0.15) is 36.4 Å². The molecule has 1 aliphatic heterocycles. The molecule has 0 bridgehead atoms. The molecule has 2 fully saturated rings. The summed E-state index contributed by atoms with van der Waals surface area (Å²) in [4.78, 5) is 42.0. The Morgan fingerprint density at radius 1 is 1.35 bits per heavy atom. The van der Waals surface area contributed by atoms with Crippen molar-refractivity contribution >= 4 is 29.2 Å². The van der Waals surface area contributed by atoms with Crippen LogP contribution in [0.5, 0.6) is 0 Å². The summed E-state index contributed by atoms with van der Waals surface area (Å²) in [5.41, 5.74) is -0.350. The van der Waals surface area contributed by atoms with Crippen molar-refractivity contribution in [1.82, 2.24) is 15.2 Å². The van der Waals surface area contributed by atoms with Crippen molar-refractivity contribution in [3.63, 3.8) is 0 Å². The Bertz CT molecular complexity index is 589. The number of rotatable bonds is 2. The minimum atomic E-state index is -1.03. The Morgan fingerprint density at radius 2 is 2.05 bits per heavy atom. The highest BCUT2D eigenvalue weighted by Crippen LogP contribution is 2.42. The normalized spacial score (nSPS) is 21.6. The van der Waals surface area contributed by atoms with E-state index in [1.807, 2.05) is 12.3 Å². The molecule has 0 atom stereocenters. The zero-order valence-electron chi connectivity index (χ0n) is 11.1. The van der Waals surface area contributed by atoms with Crippen molar-refractivity contribution in [2.45, 2.75) is 39.2 Å². The van der Waals surface area contributed by atoms with Crippen LogP contribution in [0.3, 0.4) is 0 Å². The lowest BCUT2D eigenvalue weighted by Gasteiger charge is -2.36. The van der Waals surface area contributed by atoms with Gasteiger partial charge in [0.25, 0.3) is 0 Å². The molecule has 2 heterocycles. The Balaban J connectivity index is 1.88. The van der Waals surface area contributed by atoms with Crippen molar-refractivity contribution in [2.24, 2.45) is 5.41 Å². The number of urea groups is 1. The van der Waals surface area contributed by atoms with Crippen LogP contribution in [0.4, 0.5) is 4.79 Å². The van der Waals surface area contributed by atoms with Crippen LogP contribution in [0, 0.1) is 12.3 Å². The molecule has 1 aromatic rings. The van der Waals surface area contributed by atoms with Gasteiger partial charge in [-0.3, -0.25) is 19.8 Å². The Morgan fingerprint density at radius 3 is 2.65 bits per heavy atom. The van der Waals surface area contributed by atoms with E-state index in [1.54, 1.807) is 0 Å². The molecule has 3 rings (SSSR count). The molecule has 0 radical (unpaired) electrons. The fourth-order valence-electron chi connectivity index (χ4n) is 2.94. The lowest BCUT2D eigenvalue weighted by atomic mass is 9.82. The number of imide groups is 2. The maximum atomic E-state index is 12.6. The van der Waals surface area contributed by atoms with Gasteiger partial charge in [-0.15, -0.1) is 11.3 Å². The predicted octanol–water partition coefficient (Wildman–Crippen LogP) is 1.59. The first-order chi connectivity index (χ1) is 9.53. The minimum absolute atomic E-state index is 0.129. The van der Waals surface area contributed by atoms with Crippen molar-refractivity contribution < 1.29 is 14.4 Å². The van der Waals surface area contributed by atoms with Crippen LogP contribution < -0.4 is 5.32 Å². The summed E-state index contributed by atoms with van der Waals surface area (Å²) in [7, 11) is 0. The van der Waals surface area contributed by atoms with Crippen LogP contribution >= 0.6 is 11.3 Å². The van der Waals surface area contributed by atoms with E-state index in [2.05, 4.69) is 10.3 Å². The van der Waals surface area contributed by atoms with Crippen LogP contribution in [-0.4, -0.2) is 27.7 Å². The third-order valence-corrected chi connectivity index (χ3v) is 4.82. The molecule has 106 valence electrons. The Labute approximate surface area is 120 Å². The molecule has 7 heteroatoms. The summed E-state index contributed by atoms with van der Waals surface area (Å²) >= 11 is 1.47. The summed E-state index contributed by atoms with van der Waals surface area (Å²) in [5, 5.41) is 5.04. The second kappa shape index (κ2) is 4.66. The van der Waals surface area contributed by atoms with Gasteiger partial charge in [0.05, 0.1) is 17.2 Å². The van der Waals surface area contributed by atoms with Crippen molar-refractivity contribution in [3.8, 4) is 0 Å². The van der Waals surface area contributed by atoms with Gasteiger partial charge in [0, 0.05) is 5.38 Å². The molecule has 1 spiro atoms. The van der Waals surface area contributed by atoms with E-state index in [4.69, 9.17) is 0 Å². The second-order valence-corrected chi connectivity index (χ2v) is 6.36. The molecule has 1 N–H and O–H groups in total. The Hall–Kier alpha value is -1.76. The molecule has 20 heavy (non-hydrogen) atoms. The highest BCUT2D eigenvalue weighted by molar-refractivity contribution is 7.09. The van der Waals surface area contributed by atoms with E-state index in [1.165, 1.54) is 11.3 Å². The maximum Gasteiger partial charge on any atom is 0.331 e. The van der Waals surface area contributed by atoms with Gasteiger partial charge in [-0.2, -0.15) is 0 Å². The zero-order valence-corrected chi connectivity index (χ0v) is 12.0. The number of nitrogens with zero attached hydrogens (tertiary/aromatic N) is 2. The first-order valence-electron chi connectivity index (χ1n) is 6.61. The molecule has 1 aromatic heterocycles. The summed E-state index contributed by atoms with van der Waals surface area (Å²) in [6.07, 6.45) is 2.74. The molecular formula is C13H15N3O3S. The van der Waals surface area contributed by atoms with Crippen LogP contribution in [-0.2, 0) is 16.1 Å². The number of carbonyl (C=O) groups excluding carboxylic acids is 3. The molecular weight excluding hydrogens is 278 g/mol. The van der Waals surface area contributed by atoms with Gasteiger partial charge in [0.2, 0.25) is 11.8 Å². The summed E-state index contributed by atoms with van der Waals surface area (Å²) in [6, 6.07) is -0.636. The molecule has 1 saturated carbocycles. The number of aryl methyl sites for hydroxylation is 1. The number of carbonyl (C=O) groups is 3. The molecule has 1 aliphatic carbocycles. The third kappa shape index (κ3) is 1.93. The van der Waals surface area contributed by atoms with Crippen LogP contribution in [0.25, 0.3) is 0 Å². The summed E-state index contributed by atoms with van der Waals surface area (Å²) in [6.45, 7) is 2.00. The number of hydrogen-bond acceptors (Lipinski definition) is 5. The van der Waals surface area contributed by atoms with E-state index in [-0.39, 0.29) is 12.5 Å². The van der Waals surface area contributed by atoms with Crippen LogP contribution in [0.2, 0.25) is 0 Å². The van der Waals surface area contributed by atoms with Crippen LogP contribution in [0.15, 0.2) is 5.38 Å². The van der Waals surface area contributed by atoms with Gasteiger partial charge in [0.1, 0.15) is 5.41 Å². The SMILES string of the molecule is Cc1nc(CN2C(=O)NC(=O)C3(CCCC3)C2=O)cs1. The third-order valence-electron chi connectivity index (χ3n) is 4.00. The van der Waals surface area contributed by atoms with E-state index in [9.17, 15) is 14.4 Å². The number of thiazole rings is 1. The topological polar surface area (TPSA) is 79.4 Å².